The summed E-state index contributed by atoms with van der Waals surface area (Å²) in [5, 5.41) is 5.01. The van der Waals surface area contributed by atoms with Crippen molar-refractivity contribution in [1.82, 2.24) is 14.8 Å². The van der Waals surface area contributed by atoms with Crippen molar-refractivity contribution in [2.45, 2.75) is 0 Å². The van der Waals surface area contributed by atoms with E-state index in [0.29, 0.717) is 22.3 Å². The molecule has 8 nitrogen and oxygen atoms in total. The van der Waals surface area contributed by atoms with E-state index in [2.05, 4.69) is 14.8 Å². The third-order valence-corrected chi connectivity index (χ3v) is 4.93. The highest BCUT2D eigenvalue weighted by molar-refractivity contribution is 7.92. The Morgan fingerprint density at radius 1 is 1.07 bits per heavy atom. The van der Waals surface area contributed by atoms with Gasteiger partial charge in [-0.2, -0.15) is 5.10 Å². The van der Waals surface area contributed by atoms with Crippen LogP contribution >= 0.6 is 0 Å². The molecule has 29 heavy (non-hydrogen) atoms. The molecule has 9 heteroatoms. The fourth-order valence-electron chi connectivity index (χ4n) is 3.09. The second-order valence-electron chi connectivity index (χ2n) is 6.52. The van der Waals surface area contributed by atoms with Gasteiger partial charge in [0.25, 0.3) is 5.91 Å². The molecule has 0 fully saturated rings. The molecule has 0 aliphatic carbocycles. The predicted molar refractivity (Wildman–Crippen MR) is 111 cm³/mol. The zero-order valence-electron chi connectivity index (χ0n) is 15.4. The fraction of sp³-hybridized carbons (Fsp3) is 0.0500. The molecule has 0 saturated carbocycles. The van der Waals surface area contributed by atoms with Crippen LogP contribution in [0.25, 0.3) is 27.7 Å². The molecule has 0 bridgehead atoms. The third-order valence-electron chi connectivity index (χ3n) is 4.32. The molecule has 0 saturated heterocycles. The van der Waals surface area contributed by atoms with Crippen molar-refractivity contribution in [2.24, 2.45) is 5.73 Å². The second-order valence-corrected chi connectivity index (χ2v) is 8.27. The molecule has 2 heterocycles. The van der Waals surface area contributed by atoms with Crippen LogP contribution in [0.1, 0.15) is 10.5 Å². The summed E-state index contributed by atoms with van der Waals surface area (Å²) in [6.45, 7) is 0. The SMILES string of the molecule is CS(=O)(=O)Nc1ccc(-n2nc(C(N)=O)c3cc(-c4cccnc4)ccc32)cc1. The summed E-state index contributed by atoms with van der Waals surface area (Å²) >= 11 is 0. The first-order valence-electron chi connectivity index (χ1n) is 8.63. The number of sulfonamides is 1. The third kappa shape index (κ3) is 3.81. The highest BCUT2D eigenvalue weighted by Crippen LogP contribution is 2.28. The zero-order valence-corrected chi connectivity index (χ0v) is 16.2. The van der Waals surface area contributed by atoms with E-state index in [-0.39, 0.29) is 5.69 Å². The number of primary amides is 1. The average Bonchev–Trinajstić information content (AvgIpc) is 3.07. The van der Waals surface area contributed by atoms with Crippen molar-refractivity contribution in [1.29, 1.82) is 0 Å². The topological polar surface area (TPSA) is 120 Å². The number of aromatic nitrogens is 3. The van der Waals surface area contributed by atoms with Gasteiger partial charge < -0.3 is 5.73 Å². The first-order chi connectivity index (χ1) is 13.8. The monoisotopic (exact) mass is 407 g/mol. The van der Waals surface area contributed by atoms with Gasteiger partial charge >= 0.3 is 0 Å². The Morgan fingerprint density at radius 2 is 1.83 bits per heavy atom. The number of fused-ring (bicyclic) bond motifs is 1. The van der Waals surface area contributed by atoms with E-state index in [4.69, 9.17) is 5.73 Å². The van der Waals surface area contributed by atoms with E-state index in [1.54, 1.807) is 41.3 Å². The quantitative estimate of drug-likeness (QED) is 0.527. The molecule has 146 valence electrons. The summed E-state index contributed by atoms with van der Waals surface area (Å²) in [6, 6.07) is 16.1. The number of pyridine rings is 1. The van der Waals surface area contributed by atoms with Crippen molar-refractivity contribution in [3.63, 3.8) is 0 Å². The Morgan fingerprint density at radius 3 is 2.45 bits per heavy atom. The number of hydrogen-bond acceptors (Lipinski definition) is 5. The lowest BCUT2D eigenvalue weighted by atomic mass is 10.0. The van der Waals surface area contributed by atoms with Crippen LogP contribution in [0.5, 0.6) is 0 Å². The maximum Gasteiger partial charge on any atom is 0.269 e. The fourth-order valence-corrected chi connectivity index (χ4v) is 3.66. The van der Waals surface area contributed by atoms with Crippen LogP contribution < -0.4 is 10.5 Å². The normalized spacial score (nSPS) is 11.5. The van der Waals surface area contributed by atoms with Gasteiger partial charge in [0.2, 0.25) is 10.0 Å². The number of anilines is 1. The van der Waals surface area contributed by atoms with Gasteiger partial charge in [-0.05, 0) is 48.0 Å². The minimum Gasteiger partial charge on any atom is -0.364 e. The van der Waals surface area contributed by atoms with Crippen molar-refractivity contribution in [3.05, 3.63) is 72.7 Å². The molecule has 4 aromatic rings. The number of nitrogens with two attached hydrogens (primary N) is 1. The van der Waals surface area contributed by atoms with Crippen molar-refractivity contribution >= 4 is 32.5 Å². The Hall–Kier alpha value is -3.72. The maximum atomic E-state index is 12.0. The highest BCUT2D eigenvalue weighted by Gasteiger charge is 2.17. The summed E-state index contributed by atoms with van der Waals surface area (Å²) in [6.07, 6.45) is 4.52. The van der Waals surface area contributed by atoms with E-state index < -0.39 is 15.9 Å². The largest absolute Gasteiger partial charge is 0.364 e. The first-order valence-corrected chi connectivity index (χ1v) is 10.5. The molecule has 0 aliphatic heterocycles. The molecule has 1 amide bonds. The highest BCUT2D eigenvalue weighted by atomic mass is 32.2. The molecule has 0 radical (unpaired) electrons. The first kappa shape index (κ1) is 18.6. The molecule has 2 aromatic carbocycles. The number of carbonyl (C=O) groups excluding carboxylic acids is 1. The number of nitrogens with zero attached hydrogens (tertiary/aromatic N) is 3. The summed E-state index contributed by atoms with van der Waals surface area (Å²) in [5.41, 5.74) is 9.31. The Balaban J connectivity index is 1.82. The molecule has 0 unspecified atom stereocenters. The molecule has 0 aliphatic rings. The minimum absolute atomic E-state index is 0.157. The average molecular weight is 407 g/mol. The molecule has 2 aromatic heterocycles. The number of nitrogens with one attached hydrogen (secondary N) is 1. The lowest BCUT2D eigenvalue weighted by Crippen LogP contribution is -2.12. The van der Waals surface area contributed by atoms with Crippen LogP contribution in [0, 0.1) is 0 Å². The van der Waals surface area contributed by atoms with E-state index in [1.165, 1.54) is 0 Å². The van der Waals surface area contributed by atoms with Crippen LogP contribution in [-0.4, -0.2) is 35.3 Å². The standard InChI is InChI=1S/C20H17N5O3S/c1-29(27,28)24-15-5-7-16(8-6-15)25-18-9-4-13(14-3-2-10-22-12-14)11-17(18)19(23-25)20(21)26/h2-12,24H,1H3,(H2,21,26). The van der Waals surface area contributed by atoms with E-state index in [1.807, 2.05) is 30.3 Å². The summed E-state index contributed by atoms with van der Waals surface area (Å²) < 4.78 is 26.8. The smallest absolute Gasteiger partial charge is 0.269 e. The molecule has 0 spiro atoms. The van der Waals surface area contributed by atoms with Crippen LogP contribution in [0.15, 0.2) is 67.0 Å². The van der Waals surface area contributed by atoms with E-state index in [9.17, 15) is 13.2 Å². The number of rotatable bonds is 5. The van der Waals surface area contributed by atoms with Crippen molar-refractivity contribution in [3.8, 4) is 16.8 Å². The number of amides is 1. The lowest BCUT2D eigenvalue weighted by Gasteiger charge is -2.07. The maximum absolute atomic E-state index is 12.0. The summed E-state index contributed by atoms with van der Waals surface area (Å²) in [4.78, 5) is 16.1. The summed E-state index contributed by atoms with van der Waals surface area (Å²) in [7, 11) is -3.37. The minimum atomic E-state index is -3.37. The van der Waals surface area contributed by atoms with Gasteiger partial charge in [-0.15, -0.1) is 0 Å². The molecular weight excluding hydrogens is 390 g/mol. The van der Waals surface area contributed by atoms with Crippen LogP contribution in [-0.2, 0) is 10.0 Å². The Bertz CT molecular complexity index is 1310. The lowest BCUT2D eigenvalue weighted by molar-refractivity contribution is 0.0996. The van der Waals surface area contributed by atoms with Gasteiger partial charge in [0.1, 0.15) is 0 Å². The van der Waals surface area contributed by atoms with Gasteiger partial charge in [0.05, 0.1) is 17.5 Å². The molecule has 0 atom stereocenters. The Kier molecular flexibility index (Phi) is 4.51. The molecule has 4 rings (SSSR count). The van der Waals surface area contributed by atoms with Crippen molar-refractivity contribution < 1.29 is 13.2 Å². The van der Waals surface area contributed by atoms with Gasteiger partial charge in [-0.3, -0.25) is 14.5 Å². The van der Waals surface area contributed by atoms with E-state index in [0.717, 1.165) is 17.4 Å². The van der Waals surface area contributed by atoms with Gasteiger partial charge in [0.15, 0.2) is 5.69 Å². The number of benzene rings is 2. The predicted octanol–water partition coefficient (Wildman–Crippen LogP) is 2.56. The number of carbonyl (C=O) groups is 1. The Labute approximate surface area is 167 Å². The van der Waals surface area contributed by atoms with Crippen LogP contribution in [0.3, 0.4) is 0 Å². The van der Waals surface area contributed by atoms with Gasteiger partial charge in [-0.25, -0.2) is 13.1 Å². The van der Waals surface area contributed by atoms with Crippen molar-refractivity contribution in [2.75, 3.05) is 11.0 Å². The van der Waals surface area contributed by atoms with E-state index >= 15 is 0 Å². The number of hydrogen-bond donors (Lipinski definition) is 2. The van der Waals surface area contributed by atoms with Gasteiger partial charge in [-0.1, -0.05) is 12.1 Å². The second kappa shape index (κ2) is 7.02. The molecular formula is C20H17N5O3S. The van der Waals surface area contributed by atoms with Crippen LogP contribution in [0.2, 0.25) is 0 Å². The van der Waals surface area contributed by atoms with Gasteiger partial charge in [0, 0.05) is 29.0 Å². The van der Waals surface area contributed by atoms with Crippen LogP contribution in [0.4, 0.5) is 5.69 Å². The molecule has 3 N–H and O–H groups in total. The zero-order chi connectivity index (χ0) is 20.6. The summed E-state index contributed by atoms with van der Waals surface area (Å²) in [5.74, 6) is -0.632.